The van der Waals surface area contributed by atoms with Gasteiger partial charge in [0.05, 0.1) is 5.69 Å². The van der Waals surface area contributed by atoms with E-state index in [0.29, 0.717) is 16.8 Å². The number of hydrogen-bond acceptors (Lipinski definition) is 4. The van der Waals surface area contributed by atoms with Crippen LogP contribution in [0.5, 0.6) is 0 Å². The number of H-pyrrole nitrogens is 1. The number of nitrogens with zero attached hydrogens (tertiary/aromatic N) is 3. The Morgan fingerprint density at radius 3 is 2.64 bits per heavy atom. The lowest BCUT2D eigenvalue weighted by molar-refractivity contribution is 1.04. The maximum atomic E-state index is 6.02. The molecule has 3 rings (SSSR count). The van der Waals surface area contributed by atoms with Crippen LogP contribution in [0.2, 0.25) is 5.15 Å². The largest absolute Gasteiger partial charge is 0.325 e. The van der Waals surface area contributed by atoms with Crippen molar-refractivity contribution >= 4 is 23.2 Å². The summed E-state index contributed by atoms with van der Waals surface area (Å²) in [6, 6.07) is 13.1. The molecular weight excluding hydrogens is 298 g/mol. The van der Waals surface area contributed by atoms with E-state index in [9.17, 15) is 0 Å². The SMILES string of the molecule is Cc1cc(Nc2cc(Cl)nc(C#Cc3ccccc3)n2)[nH]n1. The summed E-state index contributed by atoms with van der Waals surface area (Å²) in [6.45, 7) is 1.89. The van der Waals surface area contributed by atoms with Crippen LogP contribution in [-0.2, 0) is 0 Å². The topological polar surface area (TPSA) is 66.5 Å². The van der Waals surface area contributed by atoms with E-state index in [1.807, 2.05) is 43.3 Å². The van der Waals surface area contributed by atoms with Crippen molar-refractivity contribution in [3.05, 3.63) is 64.7 Å². The Bertz CT molecular complexity index is 846. The average molecular weight is 310 g/mol. The smallest absolute Gasteiger partial charge is 0.208 e. The van der Waals surface area contributed by atoms with Crippen molar-refractivity contribution in [2.75, 3.05) is 5.32 Å². The fraction of sp³-hybridized carbons (Fsp3) is 0.0625. The highest BCUT2D eigenvalue weighted by Gasteiger charge is 2.03. The van der Waals surface area contributed by atoms with Crippen molar-refractivity contribution in [1.29, 1.82) is 0 Å². The van der Waals surface area contributed by atoms with Gasteiger partial charge in [-0.3, -0.25) is 5.10 Å². The summed E-state index contributed by atoms with van der Waals surface area (Å²) >= 11 is 6.02. The zero-order valence-corrected chi connectivity index (χ0v) is 12.5. The molecule has 2 N–H and O–H groups in total. The molecular formula is C16H12ClN5. The lowest BCUT2D eigenvalue weighted by Gasteiger charge is -2.03. The van der Waals surface area contributed by atoms with E-state index in [2.05, 4.69) is 37.3 Å². The van der Waals surface area contributed by atoms with Crippen LogP contribution >= 0.6 is 11.6 Å². The fourth-order valence-corrected chi connectivity index (χ4v) is 1.99. The summed E-state index contributed by atoms with van der Waals surface area (Å²) in [4.78, 5) is 8.44. The number of aromatic nitrogens is 4. The number of nitrogens with one attached hydrogen (secondary N) is 2. The van der Waals surface area contributed by atoms with Crippen LogP contribution in [-0.4, -0.2) is 20.2 Å². The maximum absolute atomic E-state index is 6.02. The van der Waals surface area contributed by atoms with E-state index in [-0.39, 0.29) is 0 Å². The number of anilines is 2. The number of aromatic amines is 1. The third-order valence-corrected chi connectivity index (χ3v) is 2.95. The van der Waals surface area contributed by atoms with E-state index >= 15 is 0 Å². The molecule has 6 heteroatoms. The van der Waals surface area contributed by atoms with Crippen LogP contribution < -0.4 is 5.32 Å². The van der Waals surface area contributed by atoms with Gasteiger partial charge in [-0.1, -0.05) is 35.7 Å². The zero-order valence-electron chi connectivity index (χ0n) is 11.8. The molecule has 0 saturated heterocycles. The fourth-order valence-electron chi connectivity index (χ4n) is 1.81. The van der Waals surface area contributed by atoms with Gasteiger partial charge in [-0.25, -0.2) is 9.97 Å². The van der Waals surface area contributed by atoms with E-state index in [1.165, 1.54) is 0 Å². The van der Waals surface area contributed by atoms with E-state index in [1.54, 1.807) is 6.07 Å². The molecule has 5 nitrogen and oxygen atoms in total. The van der Waals surface area contributed by atoms with Gasteiger partial charge in [0.2, 0.25) is 5.82 Å². The first-order valence-corrected chi connectivity index (χ1v) is 6.97. The summed E-state index contributed by atoms with van der Waals surface area (Å²) in [7, 11) is 0. The molecule has 3 aromatic rings. The van der Waals surface area contributed by atoms with Crippen LogP contribution in [0.4, 0.5) is 11.6 Å². The summed E-state index contributed by atoms with van der Waals surface area (Å²) < 4.78 is 0. The predicted molar refractivity (Wildman–Crippen MR) is 86.1 cm³/mol. The van der Waals surface area contributed by atoms with E-state index in [0.717, 1.165) is 17.1 Å². The summed E-state index contributed by atoms with van der Waals surface area (Å²) in [5, 5.41) is 10.3. The van der Waals surface area contributed by atoms with Crippen molar-refractivity contribution in [2.45, 2.75) is 6.92 Å². The van der Waals surface area contributed by atoms with Gasteiger partial charge in [-0.05, 0) is 25.0 Å². The Hall–Kier alpha value is -2.84. The molecule has 0 amide bonds. The average Bonchev–Trinajstić information content (AvgIpc) is 2.91. The lowest BCUT2D eigenvalue weighted by atomic mass is 10.2. The number of benzene rings is 1. The molecule has 0 bridgehead atoms. The summed E-state index contributed by atoms with van der Waals surface area (Å²) in [6.07, 6.45) is 0. The van der Waals surface area contributed by atoms with Gasteiger partial charge < -0.3 is 5.32 Å². The van der Waals surface area contributed by atoms with Gasteiger partial charge in [0, 0.05) is 17.7 Å². The highest BCUT2D eigenvalue weighted by atomic mass is 35.5. The van der Waals surface area contributed by atoms with Gasteiger partial charge >= 0.3 is 0 Å². The van der Waals surface area contributed by atoms with Crippen LogP contribution in [0.3, 0.4) is 0 Å². The minimum absolute atomic E-state index is 0.325. The molecule has 0 radical (unpaired) electrons. The molecule has 22 heavy (non-hydrogen) atoms. The second-order valence-corrected chi connectivity index (χ2v) is 4.95. The third-order valence-electron chi connectivity index (χ3n) is 2.76. The Morgan fingerprint density at radius 1 is 1.09 bits per heavy atom. The van der Waals surface area contributed by atoms with Gasteiger partial charge in [-0.15, -0.1) is 0 Å². The second kappa shape index (κ2) is 6.29. The molecule has 0 fully saturated rings. The molecule has 0 unspecified atom stereocenters. The van der Waals surface area contributed by atoms with Gasteiger partial charge in [0.1, 0.15) is 16.8 Å². The second-order valence-electron chi connectivity index (χ2n) is 4.56. The first-order valence-electron chi connectivity index (χ1n) is 6.60. The van der Waals surface area contributed by atoms with Crippen molar-refractivity contribution < 1.29 is 0 Å². The van der Waals surface area contributed by atoms with Crippen molar-refractivity contribution in [3.8, 4) is 11.8 Å². The Morgan fingerprint density at radius 2 is 1.91 bits per heavy atom. The van der Waals surface area contributed by atoms with Gasteiger partial charge in [0.15, 0.2) is 0 Å². The molecule has 0 aliphatic rings. The molecule has 2 heterocycles. The molecule has 0 aliphatic carbocycles. The molecule has 2 aromatic heterocycles. The van der Waals surface area contributed by atoms with E-state index < -0.39 is 0 Å². The molecule has 0 aliphatic heterocycles. The molecule has 0 atom stereocenters. The normalized spacial score (nSPS) is 9.91. The highest BCUT2D eigenvalue weighted by Crippen LogP contribution is 2.16. The van der Waals surface area contributed by atoms with Crippen LogP contribution in [0.15, 0.2) is 42.5 Å². The Labute approximate surface area is 132 Å². The monoisotopic (exact) mass is 309 g/mol. The predicted octanol–water partition coefficient (Wildman–Crippen LogP) is 3.30. The minimum Gasteiger partial charge on any atom is -0.325 e. The van der Waals surface area contributed by atoms with Crippen molar-refractivity contribution in [1.82, 2.24) is 20.2 Å². The molecule has 0 saturated carbocycles. The summed E-state index contributed by atoms with van der Waals surface area (Å²) in [5.41, 5.74) is 1.77. The first kappa shape index (κ1) is 14.1. The first-order chi connectivity index (χ1) is 10.7. The minimum atomic E-state index is 0.325. The summed E-state index contributed by atoms with van der Waals surface area (Å²) in [5.74, 6) is 7.56. The van der Waals surface area contributed by atoms with Gasteiger partial charge in [-0.2, -0.15) is 5.10 Å². The van der Waals surface area contributed by atoms with E-state index in [4.69, 9.17) is 11.6 Å². The number of rotatable bonds is 2. The third kappa shape index (κ3) is 3.62. The molecule has 1 aromatic carbocycles. The lowest BCUT2D eigenvalue weighted by Crippen LogP contribution is -1.98. The molecule has 0 spiro atoms. The van der Waals surface area contributed by atoms with Crippen LogP contribution in [0.1, 0.15) is 17.1 Å². The zero-order chi connectivity index (χ0) is 15.4. The quantitative estimate of drug-likeness (QED) is 0.563. The number of hydrogen-bond donors (Lipinski definition) is 2. The van der Waals surface area contributed by atoms with Crippen molar-refractivity contribution in [3.63, 3.8) is 0 Å². The van der Waals surface area contributed by atoms with Gasteiger partial charge in [0.25, 0.3) is 0 Å². The molecule has 108 valence electrons. The number of aryl methyl sites for hydroxylation is 1. The van der Waals surface area contributed by atoms with Crippen molar-refractivity contribution in [2.24, 2.45) is 0 Å². The Kier molecular flexibility index (Phi) is 4.03. The number of halogens is 1. The standard InChI is InChI=1S/C16H12ClN5/c1-11-9-16(22-21-11)20-15-10-13(17)18-14(19-15)8-7-12-5-3-2-4-6-12/h2-6,9-10H,1H3,(H2,18,19,20,21,22). The van der Waals surface area contributed by atoms with Crippen LogP contribution in [0, 0.1) is 18.8 Å². The Balaban J connectivity index is 1.85. The highest BCUT2D eigenvalue weighted by molar-refractivity contribution is 6.29. The maximum Gasteiger partial charge on any atom is 0.208 e. The van der Waals surface area contributed by atoms with Crippen LogP contribution in [0.25, 0.3) is 0 Å².